The van der Waals surface area contributed by atoms with Crippen LogP contribution in [0, 0.1) is 68.0 Å². The van der Waals surface area contributed by atoms with Crippen LogP contribution in [-0.4, -0.2) is 0 Å². The zero-order chi connectivity index (χ0) is 38.0. The minimum atomic E-state index is -4.75. The summed E-state index contributed by atoms with van der Waals surface area (Å²) in [6, 6.07) is 25.4. The Morgan fingerprint density at radius 1 is 0.472 bits per heavy atom. The second-order valence-corrected chi connectivity index (χ2v) is 11.7. The fourth-order valence-electron chi connectivity index (χ4n) is 6.77. The normalized spacial score (nSPS) is 13.5. The molecule has 13 heteroatoms. The van der Waals surface area contributed by atoms with Crippen molar-refractivity contribution in [3.63, 3.8) is 0 Å². The van der Waals surface area contributed by atoms with Crippen LogP contribution in [0.25, 0.3) is 55.4 Å². The molecule has 0 saturated heterocycles. The average molecular weight is 707 g/mol. The number of allylic oxidation sites excluding steroid dienone is 8. The molecule has 1 aromatic heterocycles. The Labute approximate surface area is 294 Å². The van der Waals surface area contributed by atoms with Crippen molar-refractivity contribution in [2.24, 2.45) is 0 Å². The Morgan fingerprint density at radius 3 is 1.17 bits per heavy atom. The van der Waals surface area contributed by atoms with E-state index in [1.54, 1.807) is 36.4 Å². The maximum Gasteiger partial charge on any atom is 0.416 e. The molecular weight excluding hydrogens is 694 g/mol. The molecule has 2 aliphatic carbocycles. The number of alkyl halides is 6. The van der Waals surface area contributed by atoms with Crippen LogP contribution < -0.4 is 0 Å². The van der Waals surface area contributed by atoms with Crippen molar-refractivity contribution < 1.29 is 30.8 Å². The van der Waals surface area contributed by atoms with E-state index < -0.39 is 34.6 Å². The first-order valence-electron chi connectivity index (χ1n) is 15.1. The van der Waals surface area contributed by atoms with Gasteiger partial charge in [-0.05, 0) is 70.8 Å². The Hall–Kier alpha value is -7.84. The Bertz CT molecular complexity index is 2700. The lowest BCUT2D eigenvalue weighted by molar-refractivity contribution is -0.138. The van der Waals surface area contributed by atoms with Gasteiger partial charge in [-0.25, -0.2) is 0 Å². The molecule has 0 spiro atoms. The molecule has 0 fully saturated rings. The van der Waals surface area contributed by atoms with Gasteiger partial charge in [0.1, 0.15) is 58.7 Å². The lowest BCUT2D eigenvalue weighted by Gasteiger charge is -2.10. The van der Waals surface area contributed by atoms with Crippen LogP contribution in [0.5, 0.6) is 0 Å². The topological polar surface area (TPSA) is 156 Å². The number of hydrogen-bond acceptors (Lipinski definition) is 7. The molecule has 53 heavy (non-hydrogen) atoms. The second-order valence-electron chi connectivity index (χ2n) is 11.7. The summed E-state index contributed by atoms with van der Waals surface area (Å²) >= 11 is 0. The van der Waals surface area contributed by atoms with Crippen LogP contribution in [0.15, 0.2) is 88.4 Å². The fraction of sp³-hybridized carbons (Fsp3) is 0.0500. The molecule has 0 bridgehead atoms. The molecule has 0 amide bonds. The van der Waals surface area contributed by atoms with E-state index in [0.29, 0.717) is 21.9 Å². The largest absolute Gasteiger partial charge is 0.456 e. The van der Waals surface area contributed by atoms with Gasteiger partial charge in [-0.3, -0.25) is 0 Å². The number of rotatable bonds is 2. The van der Waals surface area contributed by atoms with Crippen molar-refractivity contribution in [3.05, 3.63) is 128 Å². The standard InChI is InChI=1S/C40H12F6N6O/c41-39(42,43)23-3-5-25-27(11-23)31(17-51)35(37(25)21(13-47)14-48)19-1-7-33-29(9-19)30-10-20(2-8-34(30)53-33)36-32(18-52)28-12-24(40(44,45)46)4-6-26(28)38(36)22(15-49)16-50/h1-12H. The second kappa shape index (κ2) is 11.9. The number of halogens is 6. The van der Waals surface area contributed by atoms with E-state index in [2.05, 4.69) is 0 Å². The molecule has 1 heterocycles. The lowest BCUT2D eigenvalue weighted by atomic mass is 9.91. The van der Waals surface area contributed by atoms with Crippen molar-refractivity contribution in [1.82, 2.24) is 0 Å². The monoisotopic (exact) mass is 706 g/mol. The van der Waals surface area contributed by atoms with E-state index in [1.165, 1.54) is 24.3 Å². The van der Waals surface area contributed by atoms with Gasteiger partial charge in [-0.15, -0.1) is 0 Å². The van der Waals surface area contributed by atoms with E-state index in [-0.39, 0.29) is 66.8 Å². The highest BCUT2D eigenvalue weighted by atomic mass is 19.4. The molecule has 4 aromatic carbocycles. The lowest BCUT2D eigenvalue weighted by Crippen LogP contribution is -2.05. The molecule has 0 unspecified atom stereocenters. The maximum absolute atomic E-state index is 13.7. The van der Waals surface area contributed by atoms with Gasteiger partial charge < -0.3 is 4.42 Å². The summed E-state index contributed by atoms with van der Waals surface area (Å²) in [4.78, 5) is 0. The SMILES string of the molecule is N#CC(C#N)=C1C(c2ccc3oc4ccc(C5=C(C#N)c6cc(C(F)(F)F)ccc6C5=C(C#N)C#N)cc4c3c2)=C(C#N)c2cc(C(F)(F)F)ccc21. The third-order valence-corrected chi connectivity index (χ3v) is 8.99. The number of furan rings is 1. The molecule has 7 rings (SSSR count). The quantitative estimate of drug-likeness (QED) is 0.131. The third kappa shape index (κ3) is 5.09. The molecule has 7 nitrogen and oxygen atoms in total. The average Bonchev–Trinajstić information content (AvgIpc) is 3.78. The smallest absolute Gasteiger partial charge is 0.416 e. The van der Waals surface area contributed by atoms with Crippen LogP contribution in [-0.2, 0) is 12.4 Å². The van der Waals surface area contributed by atoms with Crippen LogP contribution in [0.2, 0.25) is 0 Å². The molecule has 0 aliphatic heterocycles. The van der Waals surface area contributed by atoms with Gasteiger partial charge in [-0.2, -0.15) is 57.9 Å². The first kappa shape index (κ1) is 33.6. The summed E-state index contributed by atoms with van der Waals surface area (Å²) in [5.74, 6) is 0. The van der Waals surface area contributed by atoms with Gasteiger partial charge in [0.05, 0.1) is 22.3 Å². The molecular formula is C40H12F6N6O. The Kier molecular flexibility index (Phi) is 7.55. The van der Waals surface area contributed by atoms with Crippen molar-refractivity contribution in [1.29, 1.82) is 31.6 Å². The first-order chi connectivity index (χ1) is 25.3. The molecule has 250 valence electrons. The summed E-state index contributed by atoms with van der Waals surface area (Å²) < 4.78 is 88.2. The number of nitrogens with zero attached hydrogens (tertiary/aromatic N) is 6. The van der Waals surface area contributed by atoms with E-state index >= 15 is 0 Å². The van der Waals surface area contributed by atoms with Gasteiger partial charge in [-0.1, -0.05) is 24.3 Å². The minimum absolute atomic E-state index is 0.0337. The Morgan fingerprint density at radius 2 is 0.849 bits per heavy atom. The zero-order valence-electron chi connectivity index (χ0n) is 26.3. The minimum Gasteiger partial charge on any atom is -0.456 e. The molecule has 0 N–H and O–H groups in total. The van der Waals surface area contributed by atoms with Gasteiger partial charge >= 0.3 is 12.4 Å². The summed E-state index contributed by atoms with van der Waals surface area (Å²) in [5.41, 5.74) is -2.39. The van der Waals surface area contributed by atoms with Crippen LogP contribution in [0.4, 0.5) is 26.3 Å². The van der Waals surface area contributed by atoms with Crippen LogP contribution >= 0.6 is 0 Å². The van der Waals surface area contributed by atoms with E-state index in [1.807, 2.05) is 12.1 Å². The van der Waals surface area contributed by atoms with E-state index in [4.69, 9.17) is 4.42 Å². The van der Waals surface area contributed by atoms with Crippen molar-refractivity contribution in [3.8, 4) is 36.4 Å². The van der Waals surface area contributed by atoms with Crippen molar-refractivity contribution in [2.45, 2.75) is 12.4 Å². The highest BCUT2D eigenvalue weighted by Crippen LogP contribution is 2.52. The van der Waals surface area contributed by atoms with Crippen molar-refractivity contribution in [2.75, 3.05) is 0 Å². The first-order valence-corrected chi connectivity index (χ1v) is 15.1. The molecule has 0 saturated carbocycles. The summed E-state index contributed by atoms with van der Waals surface area (Å²) in [5, 5.41) is 60.6. The molecule has 5 aromatic rings. The Balaban J connectivity index is 1.49. The van der Waals surface area contributed by atoms with E-state index in [9.17, 15) is 57.9 Å². The van der Waals surface area contributed by atoms with Gasteiger partial charge in [0.15, 0.2) is 0 Å². The predicted molar refractivity (Wildman–Crippen MR) is 178 cm³/mol. The van der Waals surface area contributed by atoms with Crippen LogP contribution in [0.3, 0.4) is 0 Å². The third-order valence-electron chi connectivity index (χ3n) is 8.99. The van der Waals surface area contributed by atoms with E-state index in [0.717, 1.165) is 36.4 Å². The van der Waals surface area contributed by atoms with Crippen molar-refractivity contribution >= 4 is 55.4 Å². The number of benzene rings is 4. The number of fused-ring (bicyclic) bond motifs is 5. The van der Waals surface area contributed by atoms with Gasteiger partial charge in [0.25, 0.3) is 0 Å². The fourth-order valence-corrected chi connectivity index (χ4v) is 6.77. The zero-order valence-corrected chi connectivity index (χ0v) is 26.3. The van der Waals surface area contributed by atoms with Crippen LogP contribution in [0.1, 0.15) is 44.5 Å². The molecule has 0 atom stereocenters. The predicted octanol–water partition coefficient (Wildman–Crippen LogP) is 10.1. The van der Waals surface area contributed by atoms with Gasteiger partial charge in [0.2, 0.25) is 0 Å². The number of nitriles is 6. The summed E-state index contributed by atoms with van der Waals surface area (Å²) in [7, 11) is 0. The highest BCUT2D eigenvalue weighted by Gasteiger charge is 2.38. The highest BCUT2D eigenvalue weighted by molar-refractivity contribution is 6.28. The molecule has 0 radical (unpaired) electrons. The number of hydrogen-bond donors (Lipinski definition) is 0. The van der Waals surface area contributed by atoms with Gasteiger partial charge in [0, 0.05) is 44.2 Å². The summed E-state index contributed by atoms with van der Waals surface area (Å²) in [6.45, 7) is 0. The summed E-state index contributed by atoms with van der Waals surface area (Å²) in [6.07, 6.45) is -9.50. The maximum atomic E-state index is 13.7. The molecule has 2 aliphatic rings.